The van der Waals surface area contributed by atoms with E-state index in [1.165, 1.54) is 6.07 Å². The van der Waals surface area contributed by atoms with Gasteiger partial charge < -0.3 is 5.73 Å². The molecule has 0 aliphatic rings. The number of nitrogens with two attached hydrogens (primary N) is 1. The molecule has 14 heavy (non-hydrogen) atoms. The molecule has 3 heteroatoms. The van der Waals surface area contributed by atoms with Gasteiger partial charge in [0, 0.05) is 6.04 Å². The molecule has 0 aliphatic heterocycles. The van der Waals surface area contributed by atoms with Gasteiger partial charge in [0.25, 0.3) is 0 Å². The molecule has 0 saturated heterocycles. The largest absolute Gasteiger partial charge is 0.324 e. The van der Waals surface area contributed by atoms with Crippen molar-refractivity contribution in [3.05, 3.63) is 35.4 Å². The molecule has 0 aliphatic carbocycles. The summed E-state index contributed by atoms with van der Waals surface area (Å²) < 4.78 is 25.4. The van der Waals surface area contributed by atoms with E-state index in [0.717, 1.165) is 25.3 Å². The van der Waals surface area contributed by atoms with Crippen LogP contribution in [0.3, 0.4) is 0 Å². The molecule has 1 nitrogen and oxygen atoms in total. The molecule has 1 rings (SSSR count). The number of hydrogen-bond donors (Lipinski definition) is 1. The molecule has 78 valence electrons. The Morgan fingerprint density at radius 1 is 1.29 bits per heavy atom. The van der Waals surface area contributed by atoms with Gasteiger partial charge in [-0.1, -0.05) is 25.8 Å². The van der Waals surface area contributed by atoms with Crippen LogP contribution in [0.2, 0.25) is 0 Å². The lowest BCUT2D eigenvalue weighted by Gasteiger charge is -2.11. The Bertz CT molecular complexity index is 299. The highest BCUT2D eigenvalue weighted by atomic mass is 19.2. The molecule has 0 amide bonds. The van der Waals surface area contributed by atoms with E-state index in [2.05, 4.69) is 6.92 Å². The summed E-state index contributed by atoms with van der Waals surface area (Å²) in [6.45, 7) is 2.07. The normalized spacial score (nSPS) is 12.9. The minimum atomic E-state index is -0.825. The van der Waals surface area contributed by atoms with Crippen LogP contribution in [0, 0.1) is 11.6 Å². The van der Waals surface area contributed by atoms with Crippen LogP contribution in [0.25, 0.3) is 0 Å². The van der Waals surface area contributed by atoms with E-state index in [9.17, 15) is 8.78 Å². The Morgan fingerprint density at radius 2 is 2.00 bits per heavy atom. The van der Waals surface area contributed by atoms with Gasteiger partial charge in [-0.2, -0.15) is 0 Å². The Morgan fingerprint density at radius 3 is 2.57 bits per heavy atom. The Kier molecular flexibility index (Phi) is 4.01. The summed E-state index contributed by atoms with van der Waals surface area (Å²) in [5, 5.41) is 0. The number of halogens is 2. The van der Waals surface area contributed by atoms with Crippen molar-refractivity contribution in [1.29, 1.82) is 0 Å². The summed E-state index contributed by atoms with van der Waals surface area (Å²) in [6, 6.07) is 3.65. The SMILES string of the molecule is CCCCC(N)c1ccc(F)c(F)c1. The molecule has 1 atom stereocenters. The summed E-state index contributed by atoms with van der Waals surface area (Å²) in [5.74, 6) is -1.65. The van der Waals surface area contributed by atoms with Gasteiger partial charge in [-0.05, 0) is 24.1 Å². The maximum absolute atomic E-state index is 12.8. The monoisotopic (exact) mass is 199 g/mol. The third-order valence-electron chi connectivity index (χ3n) is 2.24. The lowest BCUT2D eigenvalue weighted by Crippen LogP contribution is -2.10. The van der Waals surface area contributed by atoms with E-state index in [1.54, 1.807) is 6.07 Å². The van der Waals surface area contributed by atoms with Crippen LogP contribution in [0.1, 0.15) is 37.8 Å². The van der Waals surface area contributed by atoms with E-state index < -0.39 is 11.6 Å². The molecule has 0 radical (unpaired) electrons. The van der Waals surface area contributed by atoms with Gasteiger partial charge >= 0.3 is 0 Å². The zero-order valence-corrected chi connectivity index (χ0v) is 8.26. The van der Waals surface area contributed by atoms with Crippen LogP contribution < -0.4 is 5.73 Å². The quantitative estimate of drug-likeness (QED) is 0.792. The molecular weight excluding hydrogens is 184 g/mol. The molecular formula is C11H15F2N. The van der Waals surface area contributed by atoms with Crippen LogP contribution in [-0.4, -0.2) is 0 Å². The molecule has 1 aromatic carbocycles. The third-order valence-corrected chi connectivity index (χ3v) is 2.24. The number of unbranched alkanes of at least 4 members (excludes halogenated alkanes) is 1. The minimum absolute atomic E-state index is 0.190. The van der Waals surface area contributed by atoms with Crippen molar-refractivity contribution < 1.29 is 8.78 Å². The topological polar surface area (TPSA) is 26.0 Å². The lowest BCUT2D eigenvalue weighted by molar-refractivity contribution is 0.503. The maximum Gasteiger partial charge on any atom is 0.159 e. The van der Waals surface area contributed by atoms with Gasteiger partial charge in [-0.15, -0.1) is 0 Å². The molecule has 0 spiro atoms. The van der Waals surface area contributed by atoms with Gasteiger partial charge in [-0.3, -0.25) is 0 Å². The van der Waals surface area contributed by atoms with E-state index >= 15 is 0 Å². The van der Waals surface area contributed by atoms with Crippen molar-refractivity contribution in [2.75, 3.05) is 0 Å². The Labute approximate surface area is 82.9 Å². The Hall–Kier alpha value is -0.960. The Balaban J connectivity index is 2.70. The molecule has 0 fully saturated rings. The lowest BCUT2D eigenvalue weighted by atomic mass is 10.0. The second-order valence-corrected chi connectivity index (χ2v) is 3.42. The van der Waals surface area contributed by atoms with Gasteiger partial charge in [-0.25, -0.2) is 8.78 Å². The fraction of sp³-hybridized carbons (Fsp3) is 0.455. The molecule has 0 aromatic heterocycles. The maximum atomic E-state index is 12.8. The second kappa shape index (κ2) is 5.05. The number of hydrogen-bond acceptors (Lipinski definition) is 1. The average Bonchev–Trinajstić information content (AvgIpc) is 2.18. The molecule has 1 aromatic rings. The average molecular weight is 199 g/mol. The van der Waals surface area contributed by atoms with Gasteiger partial charge in [0.1, 0.15) is 0 Å². The van der Waals surface area contributed by atoms with E-state index in [0.29, 0.717) is 5.56 Å². The summed E-state index contributed by atoms with van der Waals surface area (Å²) in [6.07, 6.45) is 2.86. The predicted molar refractivity (Wildman–Crippen MR) is 52.8 cm³/mol. The van der Waals surface area contributed by atoms with Crippen LogP contribution in [0.5, 0.6) is 0 Å². The van der Waals surface area contributed by atoms with Crippen molar-refractivity contribution in [1.82, 2.24) is 0 Å². The van der Waals surface area contributed by atoms with Crippen molar-refractivity contribution in [2.45, 2.75) is 32.2 Å². The van der Waals surface area contributed by atoms with Crippen molar-refractivity contribution in [3.8, 4) is 0 Å². The van der Waals surface area contributed by atoms with E-state index in [4.69, 9.17) is 5.73 Å². The zero-order chi connectivity index (χ0) is 10.6. The van der Waals surface area contributed by atoms with Crippen molar-refractivity contribution in [3.63, 3.8) is 0 Å². The van der Waals surface area contributed by atoms with E-state index in [1.807, 2.05) is 0 Å². The first-order valence-electron chi connectivity index (χ1n) is 4.85. The molecule has 0 heterocycles. The fourth-order valence-electron chi connectivity index (χ4n) is 1.33. The highest BCUT2D eigenvalue weighted by Crippen LogP contribution is 2.18. The molecule has 0 bridgehead atoms. The second-order valence-electron chi connectivity index (χ2n) is 3.42. The van der Waals surface area contributed by atoms with E-state index in [-0.39, 0.29) is 6.04 Å². The summed E-state index contributed by atoms with van der Waals surface area (Å²) >= 11 is 0. The van der Waals surface area contributed by atoms with Crippen LogP contribution in [0.15, 0.2) is 18.2 Å². The standard InChI is InChI=1S/C11H15F2N/c1-2-3-4-11(14)8-5-6-9(12)10(13)7-8/h5-7,11H,2-4,14H2,1H3. The van der Waals surface area contributed by atoms with Crippen LogP contribution in [-0.2, 0) is 0 Å². The van der Waals surface area contributed by atoms with Crippen LogP contribution >= 0.6 is 0 Å². The first kappa shape index (κ1) is 11.1. The fourth-order valence-corrected chi connectivity index (χ4v) is 1.33. The third kappa shape index (κ3) is 2.77. The van der Waals surface area contributed by atoms with Gasteiger partial charge in [0.15, 0.2) is 11.6 Å². The molecule has 0 saturated carbocycles. The summed E-state index contributed by atoms with van der Waals surface area (Å²) in [4.78, 5) is 0. The van der Waals surface area contributed by atoms with Crippen LogP contribution in [0.4, 0.5) is 8.78 Å². The number of benzene rings is 1. The van der Waals surface area contributed by atoms with Crippen molar-refractivity contribution >= 4 is 0 Å². The molecule has 1 unspecified atom stereocenters. The highest BCUT2D eigenvalue weighted by Gasteiger charge is 2.08. The zero-order valence-electron chi connectivity index (χ0n) is 8.26. The summed E-state index contributed by atoms with van der Waals surface area (Å²) in [5.41, 5.74) is 6.48. The smallest absolute Gasteiger partial charge is 0.159 e. The van der Waals surface area contributed by atoms with Gasteiger partial charge in [0.2, 0.25) is 0 Å². The van der Waals surface area contributed by atoms with Gasteiger partial charge in [0.05, 0.1) is 0 Å². The molecule has 2 N–H and O–H groups in total. The highest BCUT2D eigenvalue weighted by molar-refractivity contribution is 5.20. The van der Waals surface area contributed by atoms with Crippen molar-refractivity contribution in [2.24, 2.45) is 5.73 Å². The number of rotatable bonds is 4. The minimum Gasteiger partial charge on any atom is -0.324 e. The summed E-state index contributed by atoms with van der Waals surface area (Å²) in [7, 11) is 0. The first-order valence-corrected chi connectivity index (χ1v) is 4.85. The predicted octanol–water partition coefficient (Wildman–Crippen LogP) is 3.15. The first-order chi connectivity index (χ1) is 6.65.